The topological polar surface area (TPSA) is 3.24 Å². The van der Waals surface area contributed by atoms with Crippen LogP contribution >= 0.6 is 22.7 Å². The Bertz CT molecular complexity index is 3930. The summed E-state index contributed by atoms with van der Waals surface area (Å²) < 4.78 is 5.22. The van der Waals surface area contributed by atoms with Gasteiger partial charge in [-0.3, -0.25) is 0 Å². The minimum atomic E-state index is 1.09. The number of thiophene rings is 2. The van der Waals surface area contributed by atoms with Gasteiger partial charge in [-0.15, -0.1) is 22.7 Å². The predicted octanol–water partition coefficient (Wildman–Crippen LogP) is 18.9. The number of anilines is 3. The first-order chi connectivity index (χ1) is 32.3. The van der Waals surface area contributed by atoms with Crippen LogP contribution < -0.4 is 4.90 Å². The van der Waals surface area contributed by atoms with E-state index in [-0.39, 0.29) is 0 Å². The third kappa shape index (κ3) is 6.19. The van der Waals surface area contributed by atoms with Crippen LogP contribution in [-0.4, -0.2) is 0 Å². The van der Waals surface area contributed by atoms with Gasteiger partial charge in [-0.05, 0) is 80.4 Å². The maximum Gasteiger partial charge on any atom is 0.0625 e. The van der Waals surface area contributed by atoms with Crippen LogP contribution in [-0.2, 0) is 0 Å². The molecule has 65 heavy (non-hydrogen) atoms. The van der Waals surface area contributed by atoms with E-state index in [1.807, 2.05) is 22.7 Å². The van der Waals surface area contributed by atoms with Crippen LogP contribution in [0.15, 0.2) is 237 Å². The van der Waals surface area contributed by atoms with Crippen molar-refractivity contribution in [3.05, 3.63) is 237 Å². The molecule has 2 heterocycles. The van der Waals surface area contributed by atoms with E-state index < -0.39 is 0 Å². The van der Waals surface area contributed by atoms with Crippen molar-refractivity contribution in [2.24, 2.45) is 0 Å². The molecule has 13 rings (SSSR count). The number of fused-ring (bicyclic) bond motifs is 9. The monoisotopic (exact) mass is 861 g/mol. The lowest BCUT2D eigenvalue weighted by atomic mass is 9.89. The van der Waals surface area contributed by atoms with Crippen LogP contribution in [0, 0.1) is 0 Å². The van der Waals surface area contributed by atoms with E-state index in [9.17, 15) is 0 Å². The second kappa shape index (κ2) is 15.5. The SMILES string of the molecule is c1ccc(-c2ccc(-c3c(N(c4ccc(-c5cccc6sc7ccccc7c56)cc4)c4ccccc4-c4cccc5c4sc4ccccc45)c4ccccc4c4ccccc34)cc2)cc1. The third-order valence-corrected chi connectivity index (χ3v) is 15.4. The summed E-state index contributed by atoms with van der Waals surface area (Å²) in [5.41, 5.74) is 13.0. The first-order valence-electron chi connectivity index (χ1n) is 22.2. The van der Waals surface area contributed by atoms with Gasteiger partial charge >= 0.3 is 0 Å². The zero-order valence-electron chi connectivity index (χ0n) is 35.3. The fraction of sp³-hybridized carbons (Fsp3) is 0. The molecule has 0 spiro atoms. The molecule has 0 aliphatic heterocycles. The van der Waals surface area contributed by atoms with Crippen LogP contribution in [0.5, 0.6) is 0 Å². The van der Waals surface area contributed by atoms with Gasteiger partial charge in [0.05, 0.1) is 11.4 Å². The Morgan fingerprint density at radius 3 is 1.57 bits per heavy atom. The van der Waals surface area contributed by atoms with E-state index in [4.69, 9.17) is 0 Å². The molecule has 2 aromatic heterocycles. The first kappa shape index (κ1) is 37.7. The largest absolute Gasteiger partial charge is 0.309 e. The van der Waals surface area contributed by atoms with Gasteiger partial charge in [-0.25, -0.2) is 0 Å². The summed E-state index contributed by atoms with van der Waals surface area (Å²) in [5.74, 6) is 0. The van der Waals surface area contributed by atoms with Crippen LogP contribution in [0.3, 0.4) is 0 Å². The molecule has 1 nitrogen and oxygen atoms in total. The quantitative estimate of drug-likeness (QED) is 0.144. The van der Waals surface area contributed by atoms with Crippen molar-refractivity contribution in [3.8, 4) is 44.5 Å². The van der Waals surface area contributed by atoms with Crippen molar-refractivity contribution in [1.29, 1.82) is 0 Å². The molecule has 0 saturated heterocycles. The highest BCUT2D eigenvalue weighted by molar-refractivity contribution is 7.26. The van der Waals surface area contributed by atoms with Gasteiger partial charge in [0.1, 0.15) is 0 Å². The fourth-order valence-corrected chi connectivity index (χ4v) is 12.5. The molecule has 0 fully saturated rings. The molecule has 0 aliphatic carbocycles. The number of benzene rings is 11. The highest BCUT2D eigenvalue weighted by atomic mass is 32.1. The van der Waals surface area contributed by atoms with Gasteiger partial charge in [0.15, 0.2) is 0 Å². The van der Waals surface area contributed by atoms with Crippen molar-refractivity contribution in [2.75, 3.05) is 4.90 Å². The lowest BCUT2D eigenvalue weighted by molar-refractivity contribution is 1.30. The third-order valence-electron chi connectivity index (χ3n) is 13.1. The van der Waals surface area contributed by atoms with Crippen LogP contribution in [0.25, 0.3) is 106 Å². The summed E-state index contributed by atoms with van der Waals surface area (Å²) in [6.45, 7) is 0. The van der Waals surface area contributed by atoms with E-state index in [0.717, 1.165) is 17.1 Å². The highest BCUT2D eigenvalue weighted by Crippen LogP contribution is 2.53. The summed E-state index contributed by atoms with van der Waals surface area (Å²) in [4.78, 5) is 2.56. The van der Waals surface area contributed by atoms with Gasteiger partial charge in [-0.1, -0.05) is 200 Å². The van der Waals surface area contributed by atoms with Gasteiger partial charge in [0, 0.05) is 68.1 Å². The lowest BCUT2D eigenvalue weighted by Gasteiger charge is -2.32. The Labute approximate surface area is 385 Å². The molecule has 0 aliphatic rings. The molecule has 0 radical (unpaired) electrons. The van der Waals surface area contributed by atoms with Crippen molar-refractivity contribution in [1.82, 2.24) is 0 Å². The Morgan fingerprint density at radius 1 is 0.277 bits per heavy atom. The summed E-state index contributed by atoms with van der Waals surface area (Å²) in [7, 11) is 0. The molecule has 0 saturated carbocycles. The fourth-order valence-electron chi connectivity index (χ4n) is 10.2. The zero-order chi connectivity index (χ0) is 42.8. The van der Waals surface area contributed by atoms with E-state index >= 15 is 0 Å². The summed E-state index contributed by atoms with van der Waals surface area (Å²) in [6, 6.07) is 87.3. The molecule has 3 heteroatoms. The van der Waals surface area contributed by atoms with Crippen molar-refractivity contribution in [3.63, 3.8) is 0 Å². The maximum atomic E-state index is 2.56. The van der Waals surface area contributed by atoms with Gasteiger partial charge < -0.3 is 4.90 Å². The smallest absolute Gasteiger partial charge is 0.0625 e. The zero-order valence-corrected chi connectivity index (χ0v) is 36.9. The number of hydrogen-bond donors (Lipinski definition) is 0. The molecule has 13 aromatic rings. The van der Waals surface area contributed by atoms with Crippen LogP contribution in [0.1, 0.15) is 0 Å². The molecule has 11 aromatic carbocycles. The Hall–Kier alpha value is -7.82. The van der Waals surface area contributed by atoms with Gasteiger partial charge in [-0.2, -0.15) is 0 Å². The molecular weight excluding hydrogens is 823 g/mol. The number of para-hydroxylation sites is 1. The van der Waals surface area contributed by atoms with Crippen LogP contribution in [0.4, 0.5) is 17.1 Å². The second-order valence-electron chi connectivity index (χ2n) is 16.7. The molecule has 0 bridgehead atoms. The number of rotatable bonds is 7. The van der Waals surface area contributed by atoms with E-state index in [0.29, 0.717) is 0 Å². The number of hydrogen-bond acceptors (Lipinski definition) is 3. The number of nitrogens with zero attached hydrogens (tertiary/aromatic N) is 1. The first-order valence-corrected chi connectivity index (χ1v) is 23.8. The minimum absolute atomic E-state index is 1.09. The molecule has 0 N–H and O–H groups in total. The average Bonchev–Trinajstić information content (AvgIpc) is 3.96. The van der Waals surface area contributed by atoms with E-state index in [2.05, 4.69) is 241 Å². The molecule has 0 amide bonds. The van der Waals surface area contributed by atoms with Crippen molar-refractivity contribution >= 4 is 102 Å². The Kier molecular flexibility index (Phi) is 8.97. The summed E-state index contributed by atoms with van der Waals surface area (Å²) >= 11 is 3.75. The van der Waals surface area contributed by atoms with Crippen molar-refractivity contribution in [2.45, 2.75) is 0 Å². The van der Waals surface area contributed by atoms with Crippen LogP contribution in [0.2, 0.25) is 0 Å². The second-order valence-corrected chi connectivity index (χ2v) is 18.9. The average molecular weight is 862 g/mol. The predicted molar refractivity (Wildman–Crippen MR) is 284 cm³/mol. The van der Waals surface area contributed by atoms with Gasteiger partial charge in [0.2, 0.25) is 0 Å². The van der Waals surface area contributed by atoms with Gasteiger partial charge in [0.25, 0.3) is 0 Å². The maximum absolute atomic E-state index is 2.56. The molecule has 0 atom stereocenters. The summed E-state index contributed by atoms with van der Waals surface area (Å²) in [6.07, 6.45) is 0. The Balaban J connectivity index is 1.10. The van der Waals surface area contributed by atoms with E-state index in [1.165, 1.54) is 106 Å². The molecule has 304 valence electrons. The molecular formula is C62H39NS2. The molecule has 0 unspecified atom stereocenters. The minimum Gasteiger partial charge on any atom is -0.309 e. The van der Waals surface area contributed by atoms with E-state index in [1.54, 1.807) is 0 Å². The lowest BCUT2D eigenvalue weighted by Crippen LogP contribution is -2.13. The summed E-state index contributed by atoms with van der Waals surface area (Å²) in [5, 5.41) is 10.1. The highest BCUT2D eigenvalue weighted by Gasteiger charge is 2.26. The Morgan fingerprint density at radius 2 is 0.785 bits per heavy atom. The normalized spacial score (nSPS) is 11.7. The van der Waals surface area contributed by atoms with Crippen molar-refractivity contribution < 1.29 is 0 Å². The standard InChI is InChI=1S/C62H39NS2/c1-2-16-40(17-3-1)41-32-34-43(35-33-41)59-50-22-6-4-18-46(50)47-19-5-7-23-51(47)61(59)63(44-38-36-42(37-39-44)45-25-15-31-58-60(45)54-24-10-13-30-57(54)64-58)55-28-11-8-20-48(55)52-26-14-27-53-49-21-9-12-29-56(49)65-62(52)53/h1-39H.